The number of hydrogen-bond acceptors (Lipinski definition) is 6. The lowest BCUT2D eigenvalue weighted by Crippen LogP contribution is -2.15. The van der Waals surface area contributed by atoms with Gasteiger partial charge in [-0.3, -0.25) is 4.79 Å². The Kier molecular flexibility index (Phi) is 6.16. The summed E-state index contributed by atoms with van der Waals surface area (Å²) in [5.74, 6) is -0.982. The van der Waals surface area contributed by atoms with E-state index in [1.807, 2.05) is 0 Å². The topological polar surface area (TPSA) is 71.1 Å². The average Bonchev–Trinajstić information content (AvgIpc) is 2.65. The summed E-state index contributed by atoms with van der Waals surface area (Å²) in [7, 11) is 4.27. The Morgan fingerprint density at radius 1 is 0.885 bits per heavy atom. The van der Waals surface area contributed by atoms with Crippen molar-refractivity contribution < 1.29 is 32.9 Å². The van der Waals surface area contributed by atoms with Crippen LogP contribution in [0.3, 0.4) is 0 Å². The van der Waals surface area contributed by atoms with Crippen LogP contribution in [0.25, 0.3) is 0 Å². The highest BCUT2D eigenvalue weighted by Crippen LogP contribution is 2.29. The number of rotatable bonds is 7. The third-order valence-electron chi connectivity index (χ3n) is 3.80. The SMILES string of the molecule is COc1ccc(C(=O)COC(=O)c2cc(OC)c(C)c(OC)c2)cc1F. The molecule has 7 heteroatoms. The van der Waals surface area contributed by atoms with Gasteiger partial charge in [0.15, 0.2) is 24.0 Å². The molecule has 138 valence electrons. The molecule has 0 saturated carbocycles. The van der Waals surface area contributed by atoms with Gasteiger partial charge in [0.05, 0.1) is 26.9 Å². The number of hydrogen-bond donors (Lipinski definition) is 0. The van der Waals surface area contributed by atoms with Crippen LogP contribution in [0.2, 0.25) is 0 Å². The van der Waals surface area contributed by atoms with Crippen molar-refractivity contribution in [3.63, 3.8) is 0 Å². The minimum atomic E-state index is -0.719. The molecular weight excluding hydrogens is 343 g/mol. The summed E-state index contributed by atoms with van der Waals surface area (Å²) in [6.45, 7) is 1.26. The van der Waals surface area contributed by atoms with E-state index in [0.29, 0.717) is 11.5 Å². The van der Waals surface area contributed by atoms with Crippen LogP contribution in [-0.4, -0.2) is 39.7 Å². The minimum Gasteiger partial charge on any atom is -0.496 e. The highest BCUT2D eigenvalue weighted by Gasteiger charge is 2.17. The molecule has 2 rings (SSSR count). The molecule has 0 bridgehead atoms. The molecule has 0 aromatic heterocycles. The molecular formula is C19H19FO6. The standard InChI is InChI=1S/C19H19FO6/c1-11-17(24-3)8-13(9-18(11)25-4)19(22)26-10-15(21)12-5-6-16(23-2)14(20)7-12/h5-9H,10H2,1-4H3. The van der Waals surface area contributed by atoms with Gasteiger partial charge in [0.25, 0.3) is 0 Å². The van der Waals surface area contributed by atoms with Gasteiger partial charge >= 0.3 is 5.97 Å². The summed E-state index contributed by atoms with van der Waals surface area (Å²) in [4.78, 5) is 24.3. The lowest BCUT2D eigenvalue weighted by molar-refractivity contribution is 0.0474. The normalized spacial score (nSPS) is 10.2. The largest absolute Gasteiger partial charge is 0.496 e. The predicted octanol–water partition coefficient (Wildman–Crippen LogP) is 3.20. The molecule has 0 spiro atoms. The van der Waals surface area contributed by atoms with E-state index in [9.17, 15) is 14.0 Å². The van der Waals surface area contributed by atoms with E-state index < -0.39 is 24.2 Å². The van der Waals surface area contributed by atoms with Crippen molar-refractivity contribution >= 4 is 11.8 Å². The van der Waals surface area contributed by atoms with Crippen LogP contribution in [0.5, 0.6) is 17.2 Å². The Labute approximate surface area is 150 Å². The molecule has 0 aliphatic heterocycles. The molecule has 6 nitrogen and oxygen atoms in total. The molecule has 0 aliphatic carbocycles. The van der Waals surface area contributed by atoms with Gasteiger partial charge in [-0.15, -0.1) is 0 Å². The summed E-state index contributed by atoms with van der Waals surface area (Å²) in [5, 5.41) is 0. The molecule has 0 radical (unpaired) electrons. The van der Waals surface area contributed by atoms with Gasteiger partial charge in [-0.2, -0.15) is 0 Å². The van der Waals surface area contributed by atoms with E-state index >= 15 is 0 Å². The Bertz CT molecular complexity index is 806. The molecule has 0 N–H and O–H groups in total. The van der Waals surface area contributed by atoms with Gasteiger partial charge in [-0.1, -0.05) is 0 Å². The van der Waals surface area contributed by atoms with Gasteiger partial charge in [-0.05, 0) is 37.3 Å². The third-order valence-corrected chi connectivity index (χ3v) is 3.80. The van der Waals surface area contributed by atoms with Crippen molar-refractivity contribution in [2.75, 3.05) is 27.9 Å². The molecule has 0 atom stereocenters. The van der Waals surface area contributed by atoms with E-state index in [1.54, 1.807) is 6.92 Å². The zero-order chi connectivity index (χ0) is 19.3. The summed E-state index contributed by atoms with van der Waals surface area (Å²) < 4.78 is 33.9. The molecule has 0 amide bonds. The second kappa shape index (κ2) is 8.33. The van der Waals surface area contributed by atoms with Crippen molar-refractivity contribution in [1.82, 2.24) is 0 Å². The van der Waals surface area contributed by atoms with Crippen LogP contribution in [0.15, 0.2) is 30.3 Å². The smallest absolute Gasteiger partial charge is 0.338 e. The van der Waals surface area contributed by atoms with Gasteiger partial charge in [-0.25, -0.2) is 9.18 Å². The number of esters is 1. The van der Waals surface area contributed by atoms with E-state index in [-0.39, 0.29) is 16.9 Å². The zero-order valence-electron chi connectivity index (χ0n) is 14.9. The Hall–Kier alpha value is -3.09. The van der Waals surface area contributed by atoms with E-state index in [2.05, 4.69) is 0 Å². The summed E-state index contributed by atoms with van der Waals surface area (Å²) in [6.07, 6.45) is 0. The quantitative estimate of drug-likeness (QED) is 0.556. The molecule has 0 heterocycles. The molecule has 2 aromatic rings. The van der Waals surface area contributed by atoms with Crippen molar-refractivity contribution in [3.05, 3.63) is 52.8 Å². The third kappa shape index (κ3) is 4.11. The number of Topliss-reactive ketones (excluding diaryl/α,β-unsaturated/α-hetero) is 1. The van der Waals surface area contributed by atoms with Crippen LogP contribution < -0.4 is 14.2 Å². The highest BCUT2D eigenvalue weighted by molar-refractivity contribution is 5.99. The number of ketones is 1. The maximum absolute atomic E-state index is 13.7. The van der Waals surface area contributed by atoms with Crippen LogP contribution in [0.1, 0.15) is 26.3 Å². The van der Waals surface area contributed by atoms with Crippen LogP contribution >= 0.6 is 0 Å². The van der Waals surface area contributed by atoms with Crippen molar-refractivity contribution in [2.24, 2.45) is 0 Å². The van der Waals surface area contributed by atoms with Crippen molar-refractivity contribution in [2.45, 2.75) is 6.92 Å². The monoisotopic (exact) mass is 362 g/mol. The zero-order valence-corrected chi connectivity index (χ0v) is 14.9. The average molecular weight is 362 g/mol. The molecule has 0 aliphatic rings. The van der Waals surface area contributed by atoms with Gasteiger partial charge < -0.3 is 18.9 Å². The van der Waals surface area contributed by atoms with Gasteiger partial charge in [0.1, 0.15) is 11.5 Å². The number of ether oxygens (including phenoxy) is 4. The summed E-state index contributed by atoms with van der Waals surface area (Å²) in [6, 6.07) is 6.76. The summed E-state index contributed by atoms with van der Waals surface area (Å²) >= 11 is 0. The maximum atomic E-state index is 13.7. The van der Waals surface area contributed by atoms with Crippen LogP contribution in [-0.2, 0) is 4.74 Å². The second-order valence-electron chi connectivity index (χ2n) is 5.35. The lowest BCUT2D eigenvalue weighted by atomic mass is 10.1. The highest BCUT2D eigenvalue weighted by atomic mass is 19.1. The van der Waals surface area contributed by atoms with E-state index in [0.717, 1.165) is 11.6 Å². The molecule has 0 saturated heterocycles. The number of benzene rings is 2. The van der Waals surface area contributed by atoms with Crippen LogP contribution in [0, 0.1) is 12.7 Å². The van der Waals surface area contributed by atoms with Gasteiger partial charge in [0.2, 0.25) is 0 Å². The summed E-state index contributed by atoms with van der Waals surface area (Å²) in [5.41, 5.74) is 0.990. The van der Waals surface area contributed by atoms with Crippen LogP contribution in [0.4, 0.5) is 4.39 Å². The van der Waals surface area contributed by atoms with Crippen molar-refractivity contribution in [3.8, 4) is 17.2 Å². The van der Waals surface area contributed by atoms with E-state index in [1.165, 1.54) is 45.6 Å². The van der Waals surface area contributed by atoms with Crippen molar-refractivity contribution in [1.29, 1.82) is 0 Å². The van der Waals surface area contributed by atoms with E-state index in [4.69, 9.17) is 18.9 Å². The lowest BCUT2D eigenvalue weighted by Gasteiger charge is -2.12. The van der Waals surface area contributed by atoms with Gasteiger partial charge in [0, 0.05) is 11.1 Å². The number of carbonyl (C=O) groups excluding carboxylic acids is 2. The molecule has 0 fully saturated rings. The number of halogens is 1. The number of methoxy groups -OCH3 is 3. The first-order chi connectivity index (χ1) is 12.4. The second-order valence-corrected chi connectivity index (χ2v) is 5.35. The fraction of sp³-hybridized carbons (Fsp3) is 0.263. The number of carbonyl (C=O) groups is 2. The fourth-order valence-electron chi connectivity index (χ4n) is 2.34. The fourth-order valence-corrected chi connectivity index (χ4v) is 2.34. The first-order valence-electron chi connectivity index (χ1n) is 7.67. The predicted molar refractivity (Wildman–Crippen MR) is 91.8 cm³/mol. The maximum Gasteiger partial charge on any atom is 0.338 e. The Balaban J connectivity index is 2.11. The Morgan fingerprint density at radius 2 is 1.46 bits per heavy atom. The first kappa shape index (κ1) is 19.2. The minimum absolute atomic E-state index is 0.0254. The Morgan fingerprint density at radius 3 is 1.96 bits per heavy atom. The first-order valence-corrected chi connectivity index (χ1v) is 7.67. The molecule has 2 aromatic carbocycles. The molecule has 0 unspecified atom stereocenters. The molecule has 26 heavy (non-hydrogen) atoms.